The van der Waals surface area contributed by atoms with Crippen molar-refractivity contribution in [3.8, 4) is 0 Å². The molecule has 1 rings (SSSR count). The summed E-state index contributed by atoms with van der Waals surface area (Å²) in [7, 11) is 0. The number of aromatic nitrogens is 1. The minimum absolute atomic E-state index is 0.0382. The Labute approximate surface area is 121 Å². The predicted octanol–water partition coefficient (Wildman–Crippen LogP) is 2.93. The number of hydrogen-bond donors (Lipinski definition) is 1. The first-order chi connectivity index (χ1) is 9.69. The zero-order valence-corrected chi connectivity index (χ0v) is 12.6. The first-order valence-electron chi connectivity index (χ1n) is 7.54. The lowest BCUT2D eigenvalue weighted by Crippen LogP contribution is -2.33. The molecule has 112 valence electrons. The fourth-order valence-corrected chi connectivity index (χ4v) is 2.06. The van der Waals surface area contributed by atoms with E-state index in [1.54, 1.807) is 24.5 Å². The van der Waals surface area contributed by atoms with Crippen molar-refractivity contribution in [1.82, 2.24) is 9.88 Å². The molecular weight excluding hydrogens is 252 g/mol. The van der Waals surface area contributed by atoms with Crippen molar-refractivity contribution in [2.45, 2.75) is 52.1 Å². The Morgan fingerprint density at radius 3 is 2.25 bits per heavy atom. The standard InChI is InChI=1S/C16H26N2O2/c1-3-5-11-18(12-6-4-2)16(20)13-15(19)14-7-9-17-10-8-14/h7-10,15,19H,3-6,11-13H2,1-2H3/t15-/m0/s1. The van der Waals surface area contributed by atoms with Gasteiger partial charge in [-0.3, -0.25) is 9.78 Å². The lowest BCUT2D eigenvalue weighted by Gasteiger charge is -2.23. The van der Waals surface area contributed by atoms with E-state index in [1.165, 1.54) is 0 Å². The SMILES string of the molecule is CCCCN(CCCC)C(=O)C[C@H](O)c1ccncc1. The molecule has 4 heteroatoms. The molecule has 1 aromatic rings. The normalized spacial score (nSPS) is 12.2. The number of aliphatic hydroxyl groups excluding tert-OH is 1. The number of pyridine rings is 1. The monoisotopic (exact) mass is 278 g/mol. The molecule has 0 aliphatic rings. The van der Waals surface area contributed by atoms with Crippen LogP contribution in [0.5, 0.6) is 0 Å². The maximum atomic E-state index is 12.3. The largest absolute Gasteiger partial charge is 0.388 e. The third-order valence-corrected chi connectivity index (χ3v) is 3.37. The summed E-state index contributed by atoms with van der Waals surface area (Å²) in [5.74, 6) is 0.0382. The van der Waals surface area contributed by atoms with E-state index in [-0.39, 0.29) is 12.3 Å². The smallest absolute Gasteiger partial charge is 0.225 e. The van der Waals surface area contributed by atoms with Crippen LogP contribution >= 0.6 is 0 Å². The van der Waals surface area contributed by atoms with Gasteiger partial charge in [0.25, 0.3) is 0 Å². The van der Waals surface area contributed by atoms with E-state index in [2.05, 4.69) is 18.8 Å². The van der Waals surface area contributed by atoms with Gasteiger partial charge in [-0.05, 0) is 30.5 Å². The van der Waals surface area contributed by atoms with Crippen LogP contribution in [0.15, 0.2) is 24.5 Å². The van der Waals surface area contributed by atoms with Crippen LogP contribution in [0.4, 0.5) is 0 Å². The van der Waals surface area contributed by atoms with Gasteiger partial charge in [0, 0.05) is 25.5 Å². The van der Waals surface area contributed by atoms with Crippen LogP contribution in [-0.2, 0) is 4.79 Å². The molecule has 0 spiro atoms. The molecule has 0 unspecified atom stereocenters. The molecule has 0 bridgehead atoms. The highest BCUT2D eigenvalue weighted by atomic mass is 16.3. The zero-order chi connectivity index (χ0) is 14.8. The summed E-state index contributed by atoms with van der Waals surface area (Å²) in [4.78, 5) is 18.1. The van der Waals surface area contributed by atoms with E-state index in [0.717, 1.165) is 44.3 Å². The summed E-state index contributed by atoms with van der Waals surface area (Å²) >= 11 is 0. The Kier molecular flexibility index (Phi) is 7.88. The van der Waals surface area contributed by atoms with E-state index in [4.69, 9.17) is 0 Å². The van der Waals surface area contributed by atoms with Gasteiger partial charge in [-0.15, -0.1) is 0 Å². The van der Waals surface area contributed by atoms with Crippen LogP contribution in [0.25, 0.3) is 0 Å². The average molecular weight is 278 g/mol. The fourth-order valence-electron chi connectivity index (χ4n) is 2.06. The number of nitrogens with zero attached hydrogens (tertiary/aromatic N) is 2. The number of rotatable bonds is 9. The van der Waals surface area contributed by atoms with Crippen molar-refractivity contribution in [2.75, 3.05) is 13.1 Å². The maximum absolute atomic E-state index is 12.3. The molecule has 0 saturated carbocycles. The number of hydrogen-bond acceptors (Lipinski definition) is 3. The second-order valence-corrected chi connectivity index (χ2v) is 5.09. The Morgan fingerprint density at radius 1 is 1.20 bits per heavy atom. The van der Waals surface area contributed by atoms with E-state index in [9.17, 15) is 9.90 Å². The van der Waals surface area contributed by atoms with E-state index >= 15 is 0 Å². The Bertz CT molecular complexity index is 373. The molecule has 0 fully saturated rings. The molecule has 0 aliphatic heterocycles. The number of unbranched alkanes of at least 4 members (excludes halogenated alkanes) is 2. The number of aliphatic hydroxyl groups is 1. The van der Waals surface area contributed by atoms with Gasteiger partial charge in [-0.25, -0.2) is 0 Å². The molecule has 0 aromatic carbocycles. The van der Waals surface area contributed by atoms with Gasteiger partial charge in [0.2, 0.25) is 5.91 Å². The third kappa shape index (κ3) is 5.70. The molecule has 0 saturated heterocycles. The minimum Gasteiger partial charge on any atom is -0.388 e. The summed E-state index contributed by atoms with van der Waals surface area (Å²) in [6, 6.07) is 3.50. The predicted molar refractivity (Wildman–Crippen MR) is 80.2 cm³/mol. The summed E-state index contributed by atoms with van der Waals surface area (Å²) in [6.45, 7) is 5.82. The maximum Gasteiger partial charge on any atom is 0.225 e. The van der Waals surface area contributed by atoms with Crippen molar-refractivity contribution in [2.24, 2.45) is 0 Å². The fraction of sp³-hybridized carbons (Fsp3) is 0.625. The second-order valence-electron chi connectivity index (χ2n) is 5.09. The highest BCUT2D eigenvalue weighted by molar-refractivity contribution is 5.76. The van der Waals surface area contributed by atoms with Gasteiger partial charge in [-0.2, -0.15) is 0 Å². The topological polar surface area (TPSA) is 53.4 Å². The lowest BCUT2D eigenvalue weighted by molar-refractivity contribution is -0.133. The molecule has 1 atom stereocenters. The van der Waals surface area contributed by atoms with Gasteiger partial charge < -0.3 is 10.0 Å². The van der Waals surface area contributed by atoms with Crippen LogP contribution < -0.4 is 0 Å². The van der Waals surface area contributed by atoms with E-state index in [1.807, 2.05) is 4.90 Å². The van der Waals surface area contributed by atoms with Crippen molar-refractivity contribution in [3.63, 3.8) is 0 Å². The van der Waals surface area contributed by atoms with E-state index in [0.29, 0.717) is 0 Å². The molecule has 0 aliphatic carbocycles. The average Bonchev–Trinajstić information content (AvgIpc) is 2.48. The second kappa shape index (κ2) is 9.48. The Balaban J connectivity index is 2.55. The molecule has 1 amide bonds. The Morgan fingerprint density at radius 2 is 1.75 bits per heavy atom. The molecular formula is C16H26N2O2. The summed E-state index contributed by atoms with van der Waals surface area (Å²) in [5.41, 5.74) is 0.749. The van der Waals surface area contributed by atoms with Crippen molar-refractivity contribution < 1.29 is 9.90 Å². The van der Waals surface area contributed by atoms with Gasteiger partial charge in [0.05, 0.1) is 12.5 Å². The third-order valence-electron chi connectivity index (χ3n) is 3.37. The molecule has 1 aromatic heterocycles. The molecule has 1 N–H and O–H groups in total. The zero-order valence-electron chi connectivity index (χ0n) is 12.6. The number of carbonyl (C=O) groups is 1. The Hall–Kier alpha value is -1.42. The van der Waals surface area contributed by atoms with Gasteiger partial charge >= 0.3 is 0 Å². The molecule has 0 radical (unpaired) electrons. The van der Waals surface area contributed by atoms with Gasteiger partial charge in [-0.1, -0.05) is 26.7 Å². The van der Waals surface area contributed by atoms with Crippen LogP contribution in [0.2, 0.25) is 0 Å². The minimum atomic E-state index is -0.740. The summed E-state index contributed by atoms with van der Waals surface area (Å²) < 4.78 is 0. The van der Waals surface area contributed by atoms with E-state index < -0.39 is 6.10 Å². The van der Waals surface area contributed by atoms with Crippen LogP contribution in [0.1, 0.15) is 57.6 Å². The van der Waals surface area contributed by atoms with Gasteiger partial charge in [0.15, 0.2) is 0 Å². The van der Waals surface area contributed by atoms with Crippen LogP contribution in [-0.4, -0.2) is 34.0 Å². The van der Waals surface area contributed by atoms with Crippen LogP contribution in [0, 0.1) is 0 Å². The van der Waals surface area contributed by atoms with Crippen molar-refractivity contribution in [3.05, 3.63) is 30.1 Å². The lowest BCUT2D eigenvalue weighted by atomic mass is 10.1. The summed E-state index contributed by atoms with van der Waals surface area (Å²) in [6.07, 6.45) is 6.85. The number of amides is 1. The quantitative estimate of drug-likeness (QED) is 0.755. The van der Waals surface area contributed by atoms with Crippen molar-refractivity contribution in [1.29, 1.82) is 0 Å². The van der Waals surface area contributed by atoms with Crippen LogP contribution in [0.3, 0.4) is 0 Å². The first kappa shape index (κ1) is 16.6. The highest BCUT2D eigenvalue weighted by Gasteiger charge is 2.18. The summed E-state index contributed by atoms with van der Waals surface area (Å²) in [5, 5.41) is 10.1. The van der Waals surface area contributed by atoms with Crippen molar-refractivity contribution >= 4 is 5.91 Å². The first-order valence-corrected chi connectivity index (χ1v) is 7.54. The molecule has 20 heavy (non-hydrogen) atoms. The highest BCUT2D eigenvalue weighted by Crippen LogP contribution is 2.17. The van der Waals surface area contributed by atoms with Gasteiger partial charge in [0.1, 0.15) is 0 Å². The number of carbonyl (C=O) groups excluding carboxylic acids is 1. The molecule has 4 nitrogen and oxygen atoms in total. The molecule has 1 heterocycles.